The topological polar surface area (TPSA) is 44.8 Å². The number of rotatable bonds is 2. The van der Waals surface area contributed by atoms with Crippen LogP contribution in [0.4, 0.5) is 4.79 Å². The highest BCUT2D eigenvalue weighted by molar-refractivity contribution is 5.68. The van der Waals surface area contributed by atoms with Gasteiger partial charge in [0.1, 0.15) is 5.60 Å². The molecule has 0 aromatic heterocycles. The third-order valence-corrected chi connectivity index (χ3v) is 4.27. The van der Waals surface area contributed by atoms with Crippen molar-refractivity contribution >= 4 is 6.09 Å². The van der Waals surface area contributed by atoms with Gasteiger partial charge in [0.2, 0.25) is 0 Å². The average molecular weight is 283 g/mol. The zero-order chi connectivity index (χ0) is 14.8. The van der Waals surface area contributed by atoms with Gasteiger partial charge in [-0.2, -0.15) is 0 Å². The van der Waals surface area contributed by atoms with Crippen LogP contribution in [0.5, 0.6) is 0 Å². The van der Waals surface area contributed by atoms with E-state index in [2.05, 4.69) is 10.2 Å². The fourth-order valence-corrected chi connectivity index (χ4v) is 3.15. The van der Waals surface area contributed by atoms with E-state index in [-0.39, 0.29) is 6.09 Å². The summed E-state index contributed by atoms with van der Waals surface area (Å²) in [6.45, 7) is 10.2. The minimum absolute atomic E-state index is 0.191. The molecule has 0 aromatic rings. The molecule has 20 heavy (non-hydrogen) atoms. The lowest BCUT2D eigenvalue weighted by molar-refractivity contribution is 0.0219. The lowest BCUT2D eigenvalue weighted by atomic mass is 10.1. The number of carbonyl (C=O) groups excluding carboxylic acids is 1. The summed E-state index contributed by atoms with van der Waals surface area (Å²) in [5.74, 6) is 0. The van der Waals surface area contributed by atoms with Crippen molar-refractivity contribution in [3.8, 4) is 0 Å². The monoisotopic (exact) mass is 283 g/mol. The Morgan fingerprint density at radius 1 is 1.25 bits per heavy atom. The van der Waals surface area contributed by atoms with Crippen molar-refractivity contribution < 1.29 is 9.53 Å². The molecule has 1 N–H and O–H groups in total. The van der Waals surface area contributed by atoms with Gasteiger partial charge in [-0.25, -0.2) is 4.79 Å². The molecule has 2 aliphatic rings. The molecular formula is C15H29N3O2. The van der Waals surface area contributed by atoms with Crippen molar-refractivity contribution in [1.82, 2.24) is 15.1 Å². The minimum atomic E-state index is -0.415. The molecule has 2 atom stereocenters. The molecule has 0 aromatic carbocycles. The molecular weight excluding hydrogens is 254 g/mol. The number of hydrogen-bond donors (Lipinski definition) is 1. The van der Waals surface area contributed by atoms with Crippen LogP contribution in [0.3, 0.4) is 0 Å². The Kier molecular flexibility index (Phi) is 4.91. The summed E-state index contributed by atoms with van der Waals surface area (Å²) in [7, 11) is 1.87. The predicted molar refractivity (Wildman–Crippen MR) is 79.9 cm³/mol. The lowest BCUT2D eigenvalue weighted by Crippen LogP contribution is -2.48. The zero-order valence-corrected chi connectivity index (χ0v) is 13.3. The van der Waals surface area contributed by atoms with Gasteiger partial charge in [-0.05, 0) is 40.0 Å². The molecule has 0 radical (unpaired) electrons. The van der Waals surface area contributed by atoms with E-state index in [0.717, 1.165) is 39.0 Å². The van der Waals surface area contributed by atoms with E-state index in [9.17, 15) is 4.79 Å². The first-order valence-corrected chi connectivity index (χ1v) is 7.77. The van der Waals surface area contributed by atoms with Crippen molar-refractivity contribution in [2.24, 2.45) is 0 Å². The van der Waals surface area contributed by atoms with Crippen molar-refractivity contribution in [2.75, 3.05) is 33.2 Å². The Labute approximate surface area is 122 Å². The fourth-order valence-electron chi connectivity index (χ4n) is 3.15. The van der Waals surface area contributed by atoms with Crippen LogP contribution in [-0.4, -0.2) is 66.8 Å². The molecule has 1 saturated heterocycles. The Balaban J connectivity index is 1.83. The summed E-state index contributed by atoms with van der Waals surface area (Å²) in [4.78, 5) is 16.5. The largest absolute Gasteiger partial charge is 0.444 e. The van der Waals surface area contributed by atoms with Crippen molar-refractivity contribution in [3.63, 3.8) is 0 Å². The van der Waals surface area contributed by atoms with Crippen LogP contribution >= 0.6 is 0 Å². The Hall–Kier alpha value is -0.810. The van der Waals surface area contributed by atoms with Gasteiger partial charge in [0.15, 0.2) is 0 Å². The smallest absolute Gasteiger partial charge is 0.410 e. The van der Waals surface area contributed by atoms with E-state index in [0.29, 0.717) is 12.1 Å². The highest BCUT2D eigenvalue weighted by atomic mass is 16.6. The van der Waals surface area contributed by atoms with Crippen molar-refractivity contribution in [3.05, 3.63) is 0 Å². The second-order valence-electron chi connectivity index (χ2n) is 7.00. The third-order valence-electron chi connectivity index (χ3n) is 4.27. The molecule has 5 nitrogen and oxygen atoms in total. The summed E-state index contributed by atoms with van der Waals surface area (Å²) < 4.78 is 5.46. The Bertz CT molecular complexity index is 335. The van der Waals surface area contributed by atoms with Gasteiger partial charge >= 0.3 is 6.09 Å². The molecule has 1 amide bonds. The number of amides is 1. The summed E-state index contributed by atoms with van der Waals surface area (Å²) in [5, 5.41) is 3.39. The molecule has 116 valence electrons. The molecule has 2 rings (SSSR count). The standard InChI is InChI=1S/C15H29N3O2/c1-15(2,3)20-14(19)17(4)12-5-6-13(11-12)18-9-7-16-8-10-18/h12-13,16H,5-11H2,1-4H3/t12-,13+/m0/s1. The maximum Gasteiger partial charge on any atom is 0.410 e. The second kappa shape index (κ2) is 6.31. The normalized spacial score (nSPS) is 28.4. The quantitative estimate of drug-likeness (QED) is 0.837. The number of nitrogens with zero attached hydrogens (tertiary/aromatic N) is 2. The molecule has 1 aliphatic carbocycles. The average Bonchev–Trinajstić information content (AvgIpc) is 2.86. The Morgan fingerprint density at radius 2 is 1.90 bits per heavy atom. The molecule has 0 unspecified atom stereocenters. The van der Waals surface area contributed by atoms with Crippen LogP contribution in [0, 0.1) is 0 Å². The first kappa shape index (κ1) is 15.6. The molecule has 1 aliphatic heterocycles. The van der Waals surface area contributed by atoms with Crippen LogP contribution in [0.15, 0.2) is 0 Å². The number of ether oxygens (including phenoxy) is 1. The number of piperazine rings is 1. The van der Waals surface area contributed by atoms with Crippen LogP contribution in [0.1, 0.15) is 40.0 Å². The van der Waals surface area contributed by atoms with Gasteiger partial charge in [-0.1, -0.05) is 0 Å². The summed E-state index contributed by atoms with van der Waals surface area (Å²) in [6.07, 6.45) is 3.17. The van der Waals surface area contributed by atoms with Crippen LogP contribution in [0.25, 0.3) is 0 Å². The molecule has 1 saturated carbocycles. The summed E-state index contributed by atoms with van der Waals surface area (Å²) >= 11 is 0. The van der Waals surface area contributed by atoms with Gasteiger partial charge in [0.25, 0.3) is 0 Å². The highest BCUT2D eigenvalue weighted by Gasteiger charge is 2.34. The molecule has 1 heterocycles. The minimum Gasteiger partial charge on any atom is -0.444 e. The van der Waals surface area contributed by atoms with E-state index >= 15 is 0 Å². The first-order valence-electron chi connectivity index (χ1n) is 7.77. The fraction of sp³-hybridized carbons (Fsp3) is 0.933. The Morgan fingerprint density at radius 3 is 2.50 bits per heavy atom. The summed E-state index contributed by atoms with van der Waals surface area (Å²) in [6, 6.07) is 0.955. The summed E-state index contributed by atoms with van der Waals surface area (Å²) in [5.41, 5.74) is -0.415. The van der Waals surface area contributed by atoms with E-state index in [4.69, 9.17) is 4.74 Å². The van der Waals surface area contributed by atoms with Gasteiger partial charge in [-0.3, -0.25) is 4.90 Å². The highest BCUT2D eigenvalue weighted by Crippen LogP contribution is 2.28. The number of hydrogen-bond acceptors (Lipinski definition) is 4. The number of nitrogens with one attached hydrogen (secondary N) is 1. The van der Waals surface area contributed by atoms with E-state index in [1.807, 2.05) is 27.8 Å². The van der Waals surface area contributed by atoms with Crippen LogP contribution in [0.2, 0.25) is 0 Å². The lowest BCUT2D eigenvalue weighted by Gasteiger charge is -2.33. The second-order valence-corrected chi connectivity index (χ2v) is 7.00. The molecule has 0 spiro atoms. The maximum atomic E-state index is 12.1. The molecule has 0 bridgehead atoms. The van der Waals surface area contributed by atoms with Crippen molar-refractivity contribution in [2.45, 2.75) is 57.7 Å². The molecule has 5 heteroatoms. The van der Waals surface area contributed by atoms with E-state index in [1.54, 1.807) is 4.90 Å². The van der Waals surface area contributed by atoms with E-state index < -0.39 is 5.60 Å². The van der Waals surface area contributed by atoms with E-state index in [1.165, 1.54) is 6.42 Å². The van der Waals surface area contributed by atoms with Crippen LogP contribution < -0.4 is 5.32 Å². The van der Waals surface area contributed by atoms with Gasteiger partial charge < -0.3 is 15.0 Å². The predicted octanol–water partition coefficient (Wildman–Crippen LogP) is 1.68. The SMILES string of the molecule is CN(C(=O)OC(C)(C)C)[C@H]1CC[C@@H](N2CCNCC2)C1. The van der Waals surface area contributed by atoms with Crippen LogP contribution in [-0.2, 0) is 4.74 Å². The third kappa shape index (κ3) is 4.09. The van der Waals surface area contributed by atoms with Gasteiger partial charge in [0.05, 0.1) is 0 Å². The zero-order valence-electron chi connectivity index (χ0n) is 13.3. The first-order chi connectivity index (χ1) is 9.37. The van der Waals surface area contributed by atoms with Gasteiger partial charge in [-0.15, -0.1) is 0 Å². The van der Waals surface area contributed by atoms with Crippen molar-refractivity contribution in [1.29, 1.82) is 0 Å². The maximum absolute atomic E-state index is 12.1. The molecule has 2 fully saturated rings. The van der Waals surface area contributed by atoms with Gasteiger partial charge in [0, 0.05) is 45.3 Å². The number of carbonyl (C=O) groups is 1.